The minimum Gasteiger partial charge on any atom is -0.467 e. The minimum absolute atomic E-state index is 0.0139. The zero-order valence-electron chi connectivity index (χ0n) is 15.6. The number of carbonyl (C=O) groups excluding carboxylic acids is 1. The number of nitrogens with zero attached hydrogens (tertiary/aromatic N) is 4. The van der Waals surface area contributed by atoms with Gasteiger partial charge in [-0.1, -0.05) is 0 Å². The topological polar surface area (TPSA) is 126 Å². The summed E-state index contributed by atoms with van der Waals surface area (Å²) in [6.45, 7) is 2.99. The highest BCUT2D eigenvalue weighted by atomic mass is 32.2. The number of sulfone groups is 1. The molecule has 2 aromatic heterocycles. The molecule has 148 valence electrons. The van der Waals surface area contributed by atoms with Crippen LogP contribution in [0.1, 0.15) is 29.0 Å². The molecule has 1 aliphatic heterocycles. The van der Waals surface area contributed by atoms with Crippen molar-refractivity contribution >= 4 is 15.7 Å². The lowest BCUT2D eigenvalue weighted by atomic mass is 10.1. The molecule has 0 saturated carbocycles. The van der Waals surface area contributed by atoms with Crippen molar-refractivity contribution in [1.29, 1.82) is 5.26 Å². The van der Waals surface area contributed by atoms with Crippen LogP contribution in [0.15, 0.2) is 27.6 Å². The second kappa shape index (κ2) is 7.59. The molecule has 1 aliphatic rings. The largest absolute Gasteiger partial charge is 0.467 e. The van der Waals surface area contributed by atoms with Gasteiger partial charge in [0.1, 0.15) is 23.9 Å². The Hall–Kier alpha value is -2.93. The third-order valence-electron chi connectivity index (χ3n) is 4.91. The van der Waals surface area contributed by atoms with Gasteiger partial charge in [-0.15, -0.1) is 0 Å². The van der Waals surface area contributed by atoms with E-state index < -0.39 is 27.3 Å². The molecule has 1 amide bonds. The Morgan fingerprint density at radius 1 is 1.46 bits per heavy atom. The summed E-state index contributed by atoms with van der Waals surface area (Å²) in [5, 5.41) is 13.3. The molecule has 2 aromatic rings. The van der Waals surface area contributed by atoms with Crippen molar-refractivity contribution in [2.75, 3.05) is 11.5 Å². The Morgan fingerprint density at radius 2 is 2.21 bits per heavy atom. The third kappa shape index (κ3) is 3.99. The summed E-state index contributed by atoms with van der Waals surface area (Å²) in [4.78, 5) is 26.9. The molecule has 9 nitrogen and oxygen atoms in total. The van der Waals surface area contributed by atoms with E-state index in [0.717, 1.165) is 4.68 Å². The molecule has 3 rings (SSSR count). The summed E-state index contributed by atoms with van der Waals surface area (Å²) in [5.74, 6) is -0.0611. The summed E-state index contributed by atoms with van der Waals surface area (Å²) >= 11 is 0. The summed E-state index contributed by atoms with van der Waals surface area (Å²) in [5.41, 5.74) is 0.257. The maximum Gasteiger partial charge on any atom is 0.285 e. The molecule has 0 unspecified atom stereocenters. The van der Waals surface area contributed by atoms with Crippen molar-refractivity contribution in [3.8, 4) is 6.07 Å². The Morgan fingerprint density at radius 3 is 2.79 bits per heavy atom. The van der Waals surface area contributed by atoms with Gasteiger partial charge in [0.25, 0.3) is 5.56 Å². The molecule has 0 aromatic carbocycles. The second-order valence-corrected chi connectivity index (χ2v) is 9.05. The predicted molar refractivity (Wildman–Crippen MR) is 99.0 cm³/mol. The van der Waals surface area contributed by atoms with E-state index in [4.69, 9.17) is 4.42 Å². The molecule has 0 bridgehead atoms. The van der Waals surface area contributed by atoms with E-state index in [9.17, 15) is 23.3 Å². The zero-order valence-corrected chi connectivity index (χ0v) is 16.4. The fraction of sp³-hybridized carbons (Fsp3) is 0.444. The number of aryl methyl sites for hydroxylation is 1. The molecule has 0 N–H and O–H groups in total. The van der Waals surface area contributed by atoms with Crippen LogP contribution in [0.4, 0.5) is 0 Å². The van der Waals surface area contributed by atoms with Crippen LogP contribution in [-0.2, 0) is 27.7 Å². The van der Waals surface area contributed by atoms with Crippen molar-refractivity contribution in [1.82, 2.24) is 14.7 Å². The highest BCUT2D eigenvalue weighted by Gasteiger charge is 2.35. The minimum atomic E-state index is -3.21. The molecular weight excluding hydrogens is 384 g/mol. The Labute approximate surface area is 162 Å². The molecule has 1 fully saturated rings. The van der Waals surface area contributed by atoms with Gasteiger partial charge in [-0.05, 0) is 38.0 Å². The summed E-state index contributed by atoms with van der Waals surface area (Å²) in [7, 11) is -3.21. The highest BCUT2D eigenvalue weighted by molar-refractivity contribution is 7.91. The molecule has 0 radical (unpaired) electrons. The van der Waals surface area contributed by atoms with E-state index in [2.05, 4.69) is 5.10 Å². The molecule has 10 heteroatoms. The van der Waals surface area contributed by atoms with Gasteiger partial charge >= 0.3 is 0 Å². The van der Waals surface area contributed by atoms with Gasteiger partial charge in [-0.3, -0.25) is 9.59 Å². The van der Waals surface area contributed by atoms with Crippen LogP contribution in [0.25, 0.3) is 0 Å². The summed E-state index contributed by atoms with van der Waals surface area (Å²) < 4.78 is 30.0. The zero-order chi connectivity index (χ0) is 20.5. The van der Waals surface area contributed by atoms with Gasteiger partial charge in [-0.2, -0.15) is 10.4 Å². The molecule has 1 atom stereocenters. The summed E-state index contributed by atoms with van der Waals surface area (Å²) in [6.07, 6.45) is 1.80. The number of aromatic nitrogens is 2. The monoisotopic (exact) mass is 404 g/mol. The van der Waals surface area contributed by atoms with Gasteiger partial charge in [0.2, 0.25) is 5.91 Å². The number of nitriles is 1. The fourth-order valence-corrected chi connectivity index (χ4v) is 4.97. The van der Waals surface area contributed by atoms with Gasteiger partial charge in [-0.25, -0.2) is 13.1 Å². The standard InChI is InChI=1S/C18H20N4O5S/c1-12-13(2)20-22(18(24)16(12)8-19)10-17(23)21(9-15-4-3-6-27-15)14-5-7-28(25,26)11-14/h3-4,6,14H,5,7,9-11H2,1-2H3/t14-/m1/s1. The first kappa shape index (κ1) is 19.8. The second-order valence-electron chi connectivity index (χ2n) is 6.82. The number of furan rings is 1. The number of carbonyl (C=O) groups is 1. The van der Waals surface area contributed by atoms with Crippen LogP contribution >= 0.6 is 0 Å². The lowest BCUT2D eigenvalue weighted by molar-refractivity contribution is -0.135. The van der Waals surface area contributed by atoms with E-state index in [0.29, 0.717) is 23.4 Å². The van der Waals surface area contributed by atoms with Crippen molar-refractivity contribution < 1.29 is 17.6 Å². The maximum absolute atomic E-state index is 13.0. The van der Waals surface area contributed by atoms with Crippen molar-refractivity contribution in [3.63, 3.8) is 0 Å². The van der Waals surface area contributed by atoms with E-state index in [1.807, 2.05) is 6.07 Å². The molecule has 0 aliphatic carbocycles. The Balaban J connectivity index is 1.91. The van der Waals surface area contributed by atoms with Crippen LogP contribution in [0.2, 0.25) is 0 Å². The van der Waals surface area contributed by atoms with Crippen LogP contribution in [0, 0.1) is 25.2 Å². The maximum atomic E-state index is 13.0. The quantitative estimate of drug-likeness (QED) is 0.712. The van der Waals surface area contributed by atoms with Gasteiger partial charge in [0.15, 0.2) is 9.84 Å². The first-order valence-corrected chi connectivity index (χ1v) is 10.5. The predicted octanol–water partition coefficient (Wildman–Crippen LogP) is 0.541. The molecule has 1 saturated heterocycles. The normalized spacial score (nSPS) is 18.0. The number of hydrogen-bond acceptors (Lipinski definition) is 7. The van der Waals surface area contributed by atoms with Crippen LogP contribution in [0.3, 0.4) is 0 Å². The van der Waals surface area contributed by atoms with Gasteiger partial charge < -0.3 is 9.32 Å². The summed E-state index contributed by atoms with van der Waals surface area (Å²) in [6, 6.07) is 4.73. The molecular formula is C18H20N4O5S. The SMILES string of the molecule is Cc1nn(CC(=O)N(Cc2ccco2)[C@@H]2CCS(=O)(=O)C2)c(=O)c(C#N)c1C. The van der Waals surface area contributed by atoms with Gasteiger partial charge in [0, 0.05) is 6.04 Å². The first-order valence-electron chi connectivity index (χ1n) is 8.72. The average molecular weight is 404 g/mol. The van der Waals surface area contributed by atoms with Crippen LogP contribution in [0.5, 0.6) is 0 Å². The van der Waals surface area contributed by atoms with Crippen molar-refractivity contribution in [2.45, 2.75) is 39.4 Å². The average Bonchev–Trinajstić information content (AvgIpc) is 3.27. The van der Waals surface area contributed by atoms with E-state index >= 15 is 0 Å². The van der Waals surface area contributed by atoms with E-state index in [-0.39, 0.29) is 30.2 Å². The van der Waals surface area contributed by atoms with E-state index in [1.54, 1.807) is 26.0 Å². The molecule has 28 heavy (non-hydrogen) atoms. The first-order chi connectivity index (χ1) is 13.2. The molecule has 0 spiro atoms. The van der Waals surface area contributed by atoms with Crippen LogP contribution < -0.4 is 5.56 Å². The number of rotatable bonds is 5. The number of hydrogen-bond donors (Lipinski definition) is 0. The lowest BCUT2D eigenvalue weighted by Crippen LogP contribution is -2.44. The number of amides is 1. The Kier molecular flexibility index (Phi) is 5.38. The van der Waals surface area contributed by atoms with E-state index in [1.165, 1.54) is 11.2 Å². The van der Waals surface area contributed by atoms with Crippen molar-refractivity contribution in [2.24, 2.45) is 0 Å². The third-order valence-corrected chi connectivity index (χ3v) is 6.66. The Bertz CT molecular complexity index is 1100. The highest BCUT2D eigenvalue weighted by Crippen LogP contribution is 2.21. The van der Waals surface area contributed by atoms with Crippen molar-refractivity contribution in [3.05, 3.63) is 51.3 Å². The van der Waals surface area contributed by atoms with Gasteiger partial charge in [0.05, 0.1) is 30.0 Å². The van der Waals surface area contributed by atoms with Crippen LogP contribution in [-0.4, -0.2) is 46.6 Å². The smallest absolute Gasteiger partial charge is 0.285 e. The lowest BCUT2D eigenvalue weighted by Gasteiger charge is -2.27. The molecule has 3 heterocycles. The fourth-order valence-electron chi connectivity index (χ4n) is 3.24.